The fraction of sp³-hybridized carbons (Fsp3) is 0.480. The molecule has 202 valence electrons. The van der Waals surface area contributed by atoms with Crippen LogP contribution in [-0.2, 0) is 24.0 Å². The summed E-state index contributed by atoms with van der Waals surface area (Å²) >= 11 is 17.4. The van der Waals surface area contributed by atoms with Crippen molar-refractivity contribution < 1.29 is 38.9 Å². The zero-order chi connectivity index (χ0) is 27.7. The summed E-state index contributed by atoms with van der Waals surface area (Å²) in [6, 6.07) is 4.43. The molecule has 5 rings (SSSR count). The Morgan fingerprint density at radius 3 is 2.47 bits per heavy atom. The number of hydrogen-bond donors (Lipinski definition) is 2. The first-order valence-corrected chi connectivity index (χ1v) is 13.7. The normalized spacial score (nSPS) is 34.2. The third-order valence-corrected chi connectivity index (χ3v) is 10.1. The molecular formula is C25H23BrCl2N2O8. The SMILES string of the molecule is COc1cc([C@H]2C3=CC[C@@H]4C(=O)N(CCC(=O)O)C(=O)[C@@H]4[C@@H]3C[C@@]3(Cl)C(=O)N(CBr)C(=O)[C@@]23Cl)ccc1O. The molecule has 1 aromatic carbocycles. The minimum atomic E-state index is -1.97. The number of amides is 4. The molecule has 0 bridgehead atoms. The van der Waals surface area contributed by atoms with Gasteiger partial charge < -0.3 is 14.9 Å². The monoisotopic (exact) mass is 628 g/mol. The van der Waals surface area contributed by atoms with E-state index in [1.165, 1.54) is 19.2 Å². The van der Waals surface area contributed by atoms with Crippen LogP contribution < -0.4 is 4.74 Å². The van der Waals surface area contributed by atoms with Gasteiger partial charge in [-0.1, -0.05) is 33.6 Å². The van der Waals surface area contributed by atoms with Crippen molar-refractivity contribution in [2.75, 3.05) is 19.1 Å². The number of phenolic OH excluding ortho intramolecular Hbond substituents is 1. The molecule has 1 aromatic rings. The first-order valence-electron chi connectivity index (χ1n) is 11.9. The lowest BCUT2D eigenvalue weighted by Gasteiger charge is -2.50. The van der Waals surface area contributed by atoms with Crippen LogP contribution in [0.3, 0.4) is 0 Å². The van der Waals surface area contributed by atoms with E-state index < -0.39 is 69.4 Å². The molecule has 0 radical (unpaired) electrons. The van der Waals surface area contributed by atoms with Gasteiger partial charge in [-0.25, -0.2) is 0 Å². The molecule has 2 saturated heterocycles. The van der Waals surface area contributed by atoms with E-state index in [9.17, 15) is 29.1 Å². The highest BCUT2D eigenvalue weighted by Gasteiger charge is 2.76. The smallest absolute Gasteiger partial charge is 0.305 e. The number of halogens is 3. The van der Waals surface area contributed by atoms with Crippen LogP contribution in [0.15, 0.2) is 29.8 Å². The number of aliphatic carboxylic acids is 1. The van der Waals surface area contributed by atoms with Crippen molar-refractivity contribution in [2.45, 2.75) is 34.9 Å². The molecule has 3 fully saturated rings. The average molecular weight is 630 g/mol. The average Bonchev–Trinajstić information content (AvgIpc) is 3.21. The number of fused-ring (bicyclic) bond motifs is 4. The summed E-state index contributed by atoms with van der Waals surface area (Å²) in [5.41, 5.74) is 0.880. The summed E-state index contributed by atoms with van der Waals surface area (Å²) in [7, 11) is 1.36. The van der Waals surface area contributed by atoms with E-state index in [2.05, 4.69) is 15.9 Å². The molecule has 2 N–H and O–H groups in total. The molecule has 2 aliphatic carbocycles. The van der Waals surface area contributed by atoms with Crippen LogP contribution >= 0.6 is 39.1 Å². The number of imide groups is 2. The highest BCUT2D eigenvalue weighted by molar-refractivity contribution is 9.09. The number of hydrogen-bond acceptors (Lipinski definition) is 7. The van der Waals surface area contributed by atoms with Gasteiger partial charge in [0.25, 0.3) is 11.8 Å². The van der Waals surface area contributed by atoms with Gasteiger partial charge in [0.15, 0.2) is 21.2 Å². The summed E-state index contributed by atoms with van der Waals surface area (Å²) in [6.45, 7) is -0.263. The Morgan fingerprint density at radius 2 is 1.84 bits per heavy atom. The molecule has 6 atom stereocenters. The first-order chi connectivity index (χ1) is 17.9. The molecule has 13 heteroatoms. The molecule has 0 spiro atoms. The predicted molar refractivity (Wildman–Crippen MR) is 137 cm³/mol. The number of rotatable bonds is 6. The van der Waals surface area contributed by atoms with Gasteiger partial charge >= 0.3 is 5.97 Å². The Kier molecular flexibility index (Phi) is 6.55. The highest BCUT2D eigenvalue weighted by Crippen LogP contribution is 2.65. The van der Waals surface area contributed by atoms with Crippen molar-refractivity contribution in [3.05, 3.63) is 35.4 Å². The van der Waals surface area contributed by atoms with Gasteiger partial charge in [-0.15, -0.1) is 23.2 Å². The summed E-state index contributed by atoms with van der Waals surface area (Å²) in [4.78, 5) is 63.0. The summed E-state index contributed by atoms with van der Waals surface area (Å²) in [5, 5.41) is 19.3. The number of carbonyl (C=O) groups excluding carboxylic acids is 4. The minimum Gasteiger partial charge on any atom is -0.504 e. The second kappa shape index (κ2) is 9.24. The number of nitrogens with zero attached hydrogens (tertiary/aromatic N) is 2. The van der Waals surface area contributed by atoms with Crippen LogP contribution in [-0.4, -0.2) is 78.5 Å². The molecular weight excluding hydrogens is 607 g/mol. The van der Waals surface area contributed by atoms with Crippen molar-refractivity contribution in [3.63, 3.8) is 0 Å². The van der Waals surface area contributed by atoms with Crippen molar-refractivity contribution in [1.82, 2.24) is 9.80 Å². The number of ether oxygens (including phenoxy) is 1. The van der Waals surface area contributed by atoms with Gasteiger partial charge in [-0.05, 0) is 36.5 Å². The van der Waals surface area contributed by atoms with E-state index in [0.29, 0.717) is 11.1 Å². The van der Waals surface area contributed by atoms with E-state index >= 15 is 0 Å². The lowest BCUT2D eigenvalue weighted by molar-refractivity contribution is -0.143. The largest absolute Gasteiger partial charge is 0.504 e. The summed E-state index contributed by atoms with van der Waals surface area (Å²) in [5.74, 6) is -6.96. The maximum atomic E-state index is 13.7. The fourth-order valence-electron chi connectivity index (χ4n) is 6.49. The second-order valence-electron chi connectivity index (χ2n) is 9.89. The van der Waals surface area contributed by atoms with Gasteiger partial charge in [0, 0.05) is 12.5 Å². The van der Waals surface area contributed by atoms with Crippen molar-refractivity contribution in [2.24, 2.45) is 17.8 Å². The minimum absolute atomic E-state index is 0.112. The maximum Gasteiger partial charge on any atom is 0.305 e. The summed E-state index contributed by atoms with van der Waals surface area (Å²) in [6.07, 6.45) is 1.38. The number of likely N-dealkylation sites (tertiary alicyclic amines) is 2. The van der Waals surface area contributed by atoms with Crippen LogP contribution in [0.2, 0.25) is 0 Å². The van der Waals surface area contributed by atoms with E-state index in [0.717, 1.165) is 9.80 Å². The van der Waals surface area contributed by atoms with Crippen LogP contribution in [0, 0.1) is 17.8 Å². The Hall–Kier alpha value is -2.63. The number of phenols is 1. The van der Waals surface area contributed by atoms with Gasteiger partial charge in [0.1, 0.15) is 0 Å². The maximum absolute atomic E-state index is 13.7. The number of carboxylic acids is 1. The Bertz CT molecular complexity index is 1320. The van der Waals surface area contributed by atoms with Crippen molar-refractivity contribution in [3.8, 4) is 11.5 Å². The van der Waals surface area contributed by atoms with Crippen molar-refractivity contribution >= 4 is 68.7 Å². The quantitative estimate of drug-likeness (QED) is 0.212. The fourth-order valence-corrected chi connectivity index (χ4v) is 7.92. The van der Waals surface area contributed by atoms with Gasteiger partial charge in [0.2, 0.25) is 11.8 Å². The molecule has 2 aliphatic heterocycles. The van der Waals surface area contributed by atoms with Crippen LogP contribution in [0.4, 0.5) is 0 Å². The molecule has 4 aliphatic rings. The zero-order valence-corrected chi connectivity index (χ0v) is 23.1. The third kappa shape index (κ3) is 3.47. The Labute approximate surface area is 235 Å². The second-order valence-corrected chi connectivity index (χ2v) is 11.6. The number of alkyl halides is 3. The van der Waals surface area contributed by atoms with Gasteiger partial charge in [-0.3, -0.25) is 33.8 Å². The Balaban J connectivity index is 1.67. The molecule has 38 heavy (non-hydrogen) atoms. The highest BCUT2D eigenvalue weighted by atomic mass is 79.9. The predicted octanol–water partition coefficient (Wildman–Crippen LogP) is 2.59. The number of carbonyl (C=O) groups is 5. The number of allylic oxidation sites excluding steroid dienone is 2. The van der Waals surface area contributed by atoms with E-state index in [-0.39, 0.29) is 36.3 Å². The third-order valence-electron chi connectivity index (χ3n) is 8.19. The molecule has 10 nitrogen and oxygen atoms in total. The Morgan fingerprint density at radius 1 is 1.13 bits per heavy atom. The van der Waals surface area contributed by atoms with Crippen LogP contribution in [0.1, 0.15) is 30.7 Å². The molecule has 2 heterocycles. The first kappa shape index (κ1) is 27.0. The van der Waals surface area contributed by atoms with E-state index in [1.54, 1.807) is 12.1 Å². The number of benzene rings is 1. The standard InChI is InChI=1S/C25H23BrCl2N2O8/c1-38-16-8-11(2-5-15(16)31)19-12-3-4-13-18(21(35)29(20(13)34)7-6-17(32)33)14(12)9-24(27)22(36)30(10-26)23(37)25(19,24)28/h2-3,5,8,13-14,18-19,31H,4,6-7,9-10H2,1H3,(H,32,33)/t13-,14+,18-,19-,24+,25-/m0/s1. The molecule has 4 amide bonds. The molecule has 0 unspecified atom stereocenters. The topological polar surface area (TPSA) is 142 Å². The van der Waals surface area contributed by atoms with Gasteiger partial charge in [-0.2, -0.15) is 0 Å². The lowest BCUT2D eigenvalue weighted by atomic mass is 9.56. The van der Waals surface area contributed by atoms with Crippen molar-refractivity contribution in [1.29, 1.82) is 0 Å². The molecule has 1 saturated carbocycles. The van der Waals surface area contributed by atoms with Crippen LogP contribution in [0.25, 0.3) is 0 Å². The number of carboxylic acid groups (broad SMARTS) is 1. The summed E-state index contributed by atoms with van der Waals surface area (Å²) < 4.78 is 5.26. The zero-order valence-electron chi connectivity index (χ0n) is 20.0. The molecule has 0 aromatic heterocycles. The number of methoxy groups -OCH3 is 1. The van der Waals surface area contributed by atoms with Crippen LogP contribution in [0.5, 0.6) is 11.5 Å². The van der Waals surface area contributed by atoms with E-state index in [4.69, 9.17) is 33.0 Å². The van der Waals surface area contributed by atoms with Gasteiger partial charge in [0.05, 0.1) is 30.8 Å². The number of aromatic hydroxyl groups is 1. The van der Waals surface area contributed by atoms with E-state index in [1.807, 2.05) is 0 Å². The lowest BCUT2D eigenvalue weighted by Crippen LogP contribution is -2.60.